The Balaban J connectivity index is 1.39. The molecule has 0 amide bonds. The van der Waals surface area contributed by atoms with Crippen LogP contribution in [0, 0.1) is 11.8 Å². The van der Waals surface area contributed by atoms with Crippen LogP contribution in [0.25, 0.3) is 5.82 Å². The Bertz CT molecular complexity index is 709. The van der Waals surface area contributed by atoms with Crippen molar-refractivity contribution in [2.45, 2.75) is 32.2 Å². The van der Waals surface area contributed by atoms with E-state index in [9.17, 15) is 0 Å². The number of aromatic nitrogens is 3. The van der Waals surface area contributed by atoms with Gasteiger partial charge in [-0.2, -0.15) is 0 Å². The Hall–Kier alpha value is -2.37. The van der Waals surface area contributed by atoms with E-state index >= 15 is 0 Å². The molecule has 2 fully saturated rings. The Morgan fingerprint density at radius 1 is 1.24 bits per heavy atom. The maximum absolute atomic E-state index is 4.52. The molecule has 2 aromatic rings. The molecule has 132 valence electrons. The summed E-state index contributed by atoms with van der Waals surface area (Å²) in [6.07, 6.45) is 12.9. The molecule has 1 aliphatic heterocycles. The third kappa shape index (κ3) is 3.52. The van der Waals surface area contributed by atoms with Gasteiger partial charge in [-0.15, -0.1) is 0 Å². The van der Waals surface area contributed by atoms with Crippen LogP contribution in [0.4, 0.5) is 0 Å². The number of hydrogen-bond acceptors (Lipinski definition) is 3. The number of pyridine rings is 1. The van der Waals surface area contributed by atoms with Crippen LogP contribution in [0.2, 0.25) is 0 Å². The molecule has 1 N–H and O–H groups in total. The Kier molecular flexibility index (Phi) is 4.68. The first-order valence-electron chi connectivity index (χ1n) is 9.22. The molecule has 4 rings (SSSR count). The molecule has 6 nitrogen and oxygen atoms in total. The first-order chi connectivity index (χ1) is 12.3. The summed E-state index contributed by atoms with van der Waals surface area (Å²) in [4.78, 5) is 15.5. The SMILES string of the molecule is CN=C(NCc1ccnc(-n2ccnc2)c1)N1CC2CCCCC2C1. The minimum Gasteiger partial charge on any atom is -0.352 e. The lowest BCUT2D eigenvalue weighted by Gasteiger charge is -2.22. The van der Waals surface area contributed by atoms with Gasteiger partial charge in [0.15, 0.2) is 5.96 Å². The third-order valence-corrected chi connectivity index (χ3v) is 5.52. The fourth-order valence-corrected chi connectivity index (χ4v) is 4.20. The molecule has 0 bridgehead atoms. The van der Waals surface area contributed by atoms with Crippen molar-refractivity contribution in [3.05, 3.63) is 42.6 Å². The normalized spacial score (nSPS) is 23.6. The van der Waals surface area contributed by atoms with Gasteiger partial charge < -0.3 is 10.2 Å². The number of nitrogens with zero attached hydrogens (tertiary/aromatic N) is 5. The van der Waals surface area contributed by atoms with E-state index in [1.54, 1.807) is 12.5 Å². The summed E-state index contributed by atoms with van der Waals surface area (Å²) < 4.78 is 1.92. The number of likely N-dealkylation sites (tertiary alicyclic amines) is 1. The lowest BCUT2D eigenvalue weighted by Crippen LogP contribution is -2.39. The Morgan fingerprint density at radius 3 is 2.72 bits per heavy atom. The minimum absolute atomic E-state index is 0.753. The van der Waals surface area contributed by atoms with Crippen LogP contribution in [0.3, 0.4) is 0 Å². The minimum atomic E-state index is 0.753. The summed E-state index contributed by atoms with van der Waals surface area (Å²) in [6.45, 7) is 3.06. The van der Waals surface area contributed by atoms with Gasteiger partial charge in [0, 0.05) is 45.3 Å². The molecule has 0 aromatic carbocycles. The number of fused-ring (bicyclic) bond motifs is 1. The fourth-order valence-electron chi connectivity index (χ4n) is 4.20. The van der Waals surface area contributed by atoms with Crippen molar-refractivity contribution in [2.75, 3.05) is 20.1 Å². The van der Waals surface area contributed by atoms with E-state index in [-0.39, 0.29) is 0 Å². The largest absolute Gasteiger partial charge is 0.352 e. The lowest BCUT2D eigenvalue weighted by atomic mass is 9.82. The highest BCUT2D eigenvalue weighted by Crippen LogP contribution is 2.35. The predicted molar refractivity (Wildman–Crippen MR) is 98.6 cm³/mol. The molecule has 0 radical (unpaired) electrons. The van der Waals surface area contributed by atoms with Crippen molar-refractivity contribution in [1.82, 2.24) is 24.8 Å². The van der Waals surface area contributed by atoms with Crippen molar-refractivity contribution in [2.24, 2.45) is 16.8 Å². The van der Waals surface area contributed by atoms with E-state index in [2.05, 4.69) is 31.2 Å². The highest BCUT2D eigenvalue weighted by Gasteiger charge is 2.35. The third-order valence-electron chi connectivity index (χ3n) is 5.52. The van der Waals surface area contributed by atoms with Gasteiger partial charge in [0.2, 0.25) is 0 Å². The van der Waals surface area contributed by atoms with Gasteiger partial charge in [-0.25, -0.2) is 9.97 Å². The fraction of sp³-hybridized carbons (Fsp3) is 0.526. The first-order valence-corrected chi connectivity index (χ1v) is 9.22. The second kappa shape index (κ2) is 7.25. The van der Waals surface area contributed by atoms with Crippen LogP contribution >= 0.6 is 0 Å². The molecule has 2 aliphatic rings. The van der Waals surface area contributed by atoms with Crippen molar-refractivity contribution < 1.29 is 0 Å². The van der Waals surface area contributed by atoms with E-state index in [4.69, 9.17) is 0 Å². The number of hydrogen-bond donors (Lipinski definition) is 1. The molecule has 2 atom stereocenters. The maximum atomic E-state index is 4.52. The van der Waals surface area contributed by atoms with Crippen molar-refractivity contribution >= 4 is 5.96 Å². The second-order valence-electron chi connectivity index (χ2n) is 7.10. The molecule has 1 saturated heterocycles. The highest BCUT2D eigenvalue weighted by molar-refractivity contribution is 5.80. The molecule has 1 saturated carbocycles. The Labute approximate surface area is 149 Å². The van der Waals surface area contributed by atoms with E-state index in [0.717, 1.165) is 43.2 Å². The van der Waals surface area contributed by atoms with Gasteiger partial charge in [0.25, 0.3) is 0 Å². The van der Waals surface area contributed by atoms with E-state index < -0.39 is 0 Å². The van der Waals surface area contributed by atoms with Gasteiger partial charge in [-0.05, 0) is 42.4 Å². The van der Waals surface area contributed by atoms with E-state index in [0.29, 0.717) is 0 Å². The molecule has 1 aliphatic carbocycles. The monoisotopic (exact) mass is 338 g/mol. The predicted octanol–water partition coefficient (Wildman–Crippen LogP) is 2.46. The van der Waals surface area contributed by atoms with Crippen LogP contribution in [-0.4, -0.2) is 45.5 Å². The summed E-state index contributed by atoms with van der Waals surface area (Å²) in [5, 5.41) is 3.53. The van der Waals surface area contributed by atoms with Gasteiger partial charge in [0.05, 0.1) is 0 Å². The molecule has 25 heavy (non-hydrogen) atoms. The molecule has 6 heteroatoms. The maximum Gasteiger partial charge on any atom is 0.193 e. The Morgan fingerprint density at radius 2 is 2.04 bits per heavy atom. The zero-order chi connectivity index (χ0) is 17.1. The molecular formula is C19H26N6. The summed E-state index contributed by atoms with van der Waals surface area (Å²) in [6, 6.07) is 4.14. The number of aliphatic imine (C=N–C) groups is 1. The zero-order valence-corrected chi connectivity index (χ0v) is 14.8. The van der Waals surface area contributed by atoms with Crippen LogP contribution in [-0.2, 0) is 6.54 Å². The number of guanidine groups is 1. The molecule has 2 aromatic heterocycles. The van der Waals surface area contributed by atoms with Gasteiger partial charge in [-0.3, -0.25) is 9.56 Å². The summed E-state index contributed by atoms with van der Waals surface area (Å²) in [7, 11) is 1.88. The molecule has 2 unspecified atom stereocenters. The highest BCUT2D eigenvalue weighted by atomic mass is 15.3. The summed E-state index contributed by atoms with van der Waals surface area (Å²) >= 11 is 0. The summed E-state index contributed by atoms with van der Waals surface area (Å²) in [5.41, 5.74) is 1.19. The lowest BCUT2D eigenvalue weighted by molar-refractivity contribution is 0.299. The average Bonchev–Trinajstić information content (AvgIpc) is 3.32. The average molecular weight is 338 g/mol. The van der Waals surface area contributed by atoms with Gasteiger partial charge in [0.1, 0.15) is 12.1 Å². The number of rotatable bonds is 3. The van der Waals surface area contributed by atoms with Crippen LogP contribution in [0.1, 0.15) is 31.2 Å². The van der Waals surface area contributed by atoms with Gasteiger partial charge >= 0.3 is 0 Å². The number of nitrogens with one attached hydrogen (secondary N) is 1. The molecule has 3 heterocycles. The van der Waals surface area contributed by atoms with E-state index in [1.165, 1.54) is 31.2 Å². The quantitative estimate of drug-likeness (QED) is 0.690. The topological polar surface area (TPSA) is 58.3 Å². The van der Waals surface area contributed by atoms with E-state index in [1.807, 2.05) is 30.1 Å². The smallest absolute Gasteiger partial charge is 0.193 e. The molecule has 0 spiro atoms. The van der Waals surface area contributed by atoms with Crippen LogP contribution in [0.5, 0.6) is 0 Å². The van der Waals surface area contributed by atoms with Crippen molar-refractivity contribution in [1.29, 1.82) is 0 Å². The van der Waals surface area contributed by atoms with Gasteiger partial charge in [-0.1, -0.05) is 12.8 Å². The van der Waals surface area contributed by atoms with Crippen LogP contribution in [0.15, 0.2) is 42.0 Å². The van der Waals surface area contributed by atoms with Crippen LogP contribution < -0.4 is 5.32 Å². The standard InChI is InChI=1S/C19H26N6/c1-20-19(25-12-16-4-2-3-5-17(16)13-25)23-11-15-6-7-22-18(10-15)24-9-8-21-14-24/h6-10,14,16-17H,2-5,11-13H2,1H3,(H,20,23). The summed E-state index contributed by atoms with van der Waals surface area (Å²) in [5.74, 6) is 3.64. The van der Waals surface area contributed by atoms with Crippen molar-refractivity contribution in [3.63, 3.8) is 0 Å². The molecular weight excluding hydrogens is 312 g/mol. The zero-order valence-electron chi connectivity index (χ0n) is 14.8. The van der Waals surface area contributed by atoms with Crippen molar-refractivity contribution in [3.8, 4) is 5.82 Å². The first kappa shape index (κ1) is 16.1. The number of imidazole rings is 1. The second-order valence-corrected chi connectivity index (χ2v) is 7.10.